The third-order valence-corrected chi connectivity index (χ3v) is 6.80. The van der Waals surface area contributed by atoms with Gasteiger partial charge in [0.25, 0.3) is 0 Å². The Kier molecular flexibility index (Phi) is 3.47. The molecule has 0 aromatic heterocycles. The molecule has 4 atom stereocenters. The van der Waals surface area contributed by atoms with E-state index in [2.05, 4.69) is 10.2 Å². The molecule has 3 aliphatic heterocycles. The fraction of sp³-hybridized carbons (Fsp3) is 0.545. The minimum Gasteiger partial charge on any atom is -0.504 e. The van der Waals surface area contributed by atoms with Gasteiger partial charge >= 0.3 is 5.97 Å². The van der Waals surface area contributed by atoms with Gasteiger partial charge in [0.15, 0.2) is 5.78 Å². The Bertz CT molecular complexity index is 1060. The number of carbonyl (C=O) groups is 2. The summed E-state index contributed by atoms with van der Waals surface area (Å²) in [6.07, 6.45) is 2.24. The Morgan fingerprint density at radius 2 is 2.34 bits per heavy atom. The molecule has 3 aliphatic rings. The third-order valence-electron chi connectivity index (χ3n) is 6.80. The number of Topliss-reactive ketones (excluding diaryl/α,β-unsaturated/α-hetero) is 1. The molecule has 3 heterocycles. The van der Waals surface area contributed by atoms with Crippen molar-refractivity contribution < 1.29 is 32.4 Å². The lowest BCUT2D eigenvalue weighted by atomic mass is 9.72. The monoisotopic (exact) mass is 406 g/mol. The first kappa shape index (κ1) is 13.6. The van der Waals surface area contributed by atoms with Gasteiger partial charge in [-0.05, 0) is 36.8 Å². The highest BCUT2D eigenvalue weighted by Crippen LogP contribution is 2.50. The summed E-state index contributed by atoms with van der Waals surface area (Å²) < 4.78 is 54.0. The van der Waals surface area contributed by atoms with Gasteiger partial charge in [0, 0.05) is 24.8 Å². The second-order valence-corrected chi connectivity index (χ2v) is 7.97. The summed E-state index contributed by atoms with van der Waals surface area (Å²) in [5.74, 6) is -2.18. The largest absolute Gasteiger partial charge is 0.504 e. The summed E-state index contributed by atoms with van der Waals surface area (Å²) in [6, 6.07) is 4.37. The Morgan fingerprint density at radius 1 is 1.48 bits per heavy atom. The van der Waals surface area contributed by atoms with Crippen molar-refractivity contribution in [2.75, 3.05) is 32.5 Å². The number of benzene rings is 1. The lowest BCUT2D eigenvalue weighted by molar-refractivity contribution is -0.134. The van der Waals surface area contributed by atoms with Gasteiger partial charge in [-0.15, -0.1) is 0 Å². The van der Waals surface area contributed by atoms with Crippen molar-refractivity contribution in [3.05, 3.63) is 35.6 Å². The molecule has 29 heavy (non-hydrogen) atoms. The van der Waals surface area contributed by atoms with Crippen LogP contribution in [0.3, 0.4) is 0 Å². The maximum atomic E-state index is 13.8. The molecule has 2 fully saturated rings. The van der Waals surface area contributed by atoms with Crippen LogP contribution in [0.25, 0.3) is 0 Å². The number of aliphatic carboxylic acids is 1. The van der Waals surface area contributed by atoms with E-state index < -0.39 is 31.5 Å². The van der Waals surface area contributed by atoms with E-state index in [0.717, 1.165) is 6.26 Å². The molecule has 0 amide bonds. The molecule has 2 saturated heterocycles. The number of nitrogens with one attached hydrogen (secondary N) is 1. The van der Waals surface area contributed by atoms with Gasteiger partial charge in [0.1, 0.15) is 11.3 Å². The van der Waals surface area contributed by atoms with Crippen molar-refractivity contribution in [1.82, 2.24) is 4.90 Å². The molecule has 0 bridgehead atoms. The minimum absolute atomic E-state index is 0.0219. The number of carboxylic acid groups (broad SMARTS) is 1. The predicted octanol–water partition coefficient (Wildman–Crippen LogP) is 2.78. The average molecular weight is 407 g/mol. The van der Waals surface area contributed by atoms with Crippen LogP contribution < -0.4 is 10.1 Å². The SMILES string of the molecule is [2H]C([2H])([2H])O/C=C(/C(=O)O)[C@H]1C[C@@H]2N(CC[C@]23Nc2cccc(OC([2H])([2H])[2H])c2C3=O)C[C@H]1CC. The van der Waals surface area contributed by atoms with Gasteiger partial charge in [0.05, 0.1) is 39.7 Å². The van der Waals surface area contributed by atoms with E-state index in [0.29, 0.717) is 38.0 Å². The number of piperidine rings is 1. The number of anilines is 1. The summed E-state index contributed by atoms with van der Waals surface area (Å²) in [5.41, 5.74) is -0.543. The first-order valence-corrected chi connectivity index (χ1v) is 9.76. The van der Waals surface area contributed by atoms with Crippen molar-refractivity contribution in [2.24, 2.45) is 11.8 Å². The number of fused-ring (bicyclic) bond motifs is 3. The van der Waals surface area contributed by atoms with Crippen LogP contribution in [0, 0.1) is 11.8 Å². The molecule has 0 radical (unpaired) electrons. The highest BCUT2D eigenvalue weighted by Gasteiger charge is 2.59. The normalized spacial score (nSPS) is 35.3. The molecule has 7 heteroatoms. The number of ketones is 1. The number of carbonyl (C=O) groups excluding carboxylic acids is 1. The molecule has 1 aromatic rings. The second kappa shape index (κ2) is 7.37. The van der Waals surface area contributed by atoms with Gasteiger partial charge < -0.3 is 19.9 Å². The Hall–Kier alpha value is -2.54. The third kappa shape index (κ3) is 2.90. The van der Waals surface area contributed by atoms with E-state index in [9.17, 15) is 14.7 Å². The number of nitrogens with zero attached hydrogens (tertiary/aromatic N) is 1. The minimum atomic E-state index is -2.78. The summed E-state index contributed by atoms with van der Waals surface area (Å²) in [4.78, 5) is 28.1. The van der Waals surface area contributed by atoms with Gasteiger partial charge in [0.2, 0.25) is 0 Å². The van der Waals surface area contributed by atoms with Crippen LogP contribution in [0.1, 0.15) is 44.8 Å². The van der Waals surface area contributed by atoms with Gasteiger partial charge in [-0.3, -0.25) is 9.69 Å². The van der Waals surface area contributed by atoms with Crippen LogP contribution in [-0.4, -0.2) is 60.5 Å². The summed E-state index contributed by atoms with van der Waals surface area (Å²) >= 11 is 0. The summed E-state index contributed by atoms with van der Waals surface area (Å²) in [6.45, 7) is 3.09. The molecule has 1 spiro atoms. The van der Waals surface area contributed by atoms with E-state index >= 15 is 0 Å². The van der Waals surface area contributed by atoms with Crippen molar-refractivity contribution in [1.29, 1.82) is 0 Å². The fourth-order valence-electron chi connectivity index (χ4n) is 5.42. The highest BCUT2D eigenvalue weighted by atomic mass is 16.5. The standard InChI is InChI=1S/C22H28N2O5/c1-4-13-11-24-9-8-22(18(24)10-14(13)15(12-28-2)21(26)27)20(25)19-16(23-22)6-5-7-17(19)29-3/h5-7,12-14,18,23H,4,8-11H2,1-3H3,(H,26,27)/b15-12+/t13-,14+,18+,22+/m1/s1/i2D3,3D3. The zero-order valence-corrected chi connectivity index (χ0v) is 16.1. The van der Waals surface area contributed by atoms with Crippen LogP contribution >= 0.6 is 0 Å². The lowest BCUT2D eigenvalue weighted by Gasteiger charge is -2.45. The van der Waals surface area contributed by atoms with Gasteiger partial charge in [-0.1, -0.05) is 19.4 Å². The molecule has 156 valence electrons. The molecular weight excluding hydrogens is 372 g/mol. The quantitative estimate of drug-likeness (QED) is 0.574. The number of methoxy groups -OCH3 is 2. The zero-order valence-electron chi connectivity index (χ0n) is 22.1. The van der Waals surface area contributed by atoms with E-state index in [1.165, 1.54) is 6.07 Å². The fourth-order valence-corrected chi connectivity index (χ4v) is 5.42. The van der Waals surface area contributed by atoms with E-state index in [-0.39, 0.29) is 34.6 Å². The maximum Gasteiger partial charge on any atom is 0.334 e. The van der Waals surface area contributed by atoms with Gasteiger partial charge in [-0.2, -0.15) is 0 Å². The highest BCUT2D eigenvalue weighted by molar-refractivity contribution is 6.16. The number of hydrogen-bond donors (Lipinski definition) is 2. The first-order chi connectivity index (χ1) is 16.3. The summed E-state index contributed by atoms with van der Waals surface area (Å²) in [5, 5.41) is 13.2. The molecule has 0 aliphatic carbocycles. The lowest BCUT2D eigenvalue weighted by Crippen LogP contribution is -2.57. The predicted molar refractivity (Wildman–Crippen MR) is 108 cm³/mol. The molecule has 0 saturated carbocycles. The molecular formula is C22H28N2O5. The van der Waals surface area contributed by atoms with Crippen LogP contribution in [0.5, 0.6) is 5.75 Å². The second-order valence-electron chi connectivity index (χ2n) is 7.97. The van der Waals surface area contributed by atoms with Crippen LogP contribution in [-0.2, 0) is 9.53 Å². The topological polar surface area (TPSA) is 88.1 Å². The number of ether oxygens (including phenoxy) is 2. The van der Waals surface area contributed by atoms with Crippen molar-refractivity contribution in [3.63, 3.8) is 0 Å². The summed E-state index contributed by atoms with van der Waals surface area (Å²) in [7, 11) is -5.50. The first-order valence-electron chi connectivity index (χ1n) is 12.8. The van der Waals surface area contributed by atoms with Crippen molar-refractivity contribution in [3.8, 4) is 5.75 Å². The Balaban J connectivity index is 1.69. The van der Waals surface area contributed by atoms with E-state index in [1.54, 1.807) is 12.1 Å². The van der Waals surface area contributed by atoms with E-state index in [4.69, 9.17) is 17.7 Å². The molecule has 4 rings (SSSR count). The molecule has 7 nitrogen and oxygen atoms in total. The molecule has 2 N–H and O–H groups in total. The average Bonchev–Trinajstić information content (AvgIpc) is 3.24. The number of carboxylic acids is 1. The number of hydrogen-bond acceptors (Lipinski definition) is 6. The zero-order chi connectivity index (χ0) is 25.8. The van der Waals surface area contributed by atoms with Crippen molar-refractivity contribution in [2.45, 2.75) is 37.8 Å². The van der Waals surface area contributed by atoms with Crippen LogP contribution in [0.15, 0.2) is 30.0 Å². The Labute approximate surface area is 179 Å². The Morgan fingerprint density at radius 3 is 3.07 bits per heavy atom. The number of rotatable bonds is 5. The van der Waals surface area contributed by atoms with Crippen molar-refractivity contribution >= 4 is 17.4 Å². The van der Waals surface area contributed by atoms with E-state index in [1.807, 2.05) is 6.92 Å². The molecule has 0 unspecified atom stereocenters. The van der Waals surface area contributed by atoms with Gasteiger partial charge in [-0.25, -0.2) is 4.79 Å². The maximum absolute atomic E-state index is 13.8. The van der Waals surface area contributed by atoms with Crippen LogP contribution in [0.2, 0.25) is 0 Å². The smallest absolute Gasteiger partial charge is 0.334 e. The molecule has 1 aromatic carbocycles. The van der Waals surface area contributed by atoms with Crippen LogP contribution in [0.4, 0.5) is 5.69 Å².